The van der Waals surface area contributed by atoms with E-state index in [4.69, 9.17) is 9.47 Å². The molecule has 0 saturated heterocycles. The number of carbonyl (C=O) groups excluding carboxylic acids is 1. The van der Waals surface area contributed by atoms with E-state index in [1.165, 1.54) is 7.11 Å². The van der Waals surface area contributed by atoms with Gasteiger partial charge in [-0.3, -0.25) is 9.10 Å². The van der Waals surface area contributed by atoms with E-state index < -0.39 is 22.0 Å². The van der Waals surface area contributed by atoms with Gasteiger partial charge in [0.05, 0.1) is 31.3 Å². The van der Waals surface area contributed by atoms with Gasteiger partial charge in [-0.15, -0.1) is 0 Å². The van der Waals surface area contributed by atoms with Crippen molar-refractivity contribution in [2.45, 2.75) is 26.3 Å². The number of carbonyl (C=O) groups is 1. The maximum Gasteiger partial charge on any atom is 0.248 e. The highest BCUT2D eigenvalue weighted by Crippen LogP contribution is 2.28. The van der Waals surface area contributed by atoms with Crippen LogP contribution in [-0.4, -0.2) is 40.3 Å². The summed E-state index contributed by atoms with van der Waals surface area (Å²) in [6.07, 6.45) is 1.36. The van der Waals surface area contributed by atoms with Crippen LogP contribution in [0.15, 0.2) is 48.5 Å². The largest absolute Gasteiger partial charge is 0.497 e. The van der Waals surface area contributed by atoms with E-state index in [-0.39, 0.29) is 6.42 Å². The van der Waals surface area contributed by atoms with Crippen molar-refractivity contribution in [3.63, 3.8) is 0 Å². The summed E-state index contributed by atoms with van der Waals surface area (Å²) in [5.74, 6) is 0.589. The molecule has 0 aliphatic heterocycles. The van der Waals surface area contributed by atoms with Crippen molar-refractivity contribution in [1.29, 1.82) is 0 Å². The molecule has 2 aromatic rings. The van der Waals surface area contributed by atoms with Crippen molar-refractivity contribution < 1.29 is 22.7 Å². The van der Waals surface area contributed by atoms with E-state index >= 15 is 0 Å². The molecule has 2 rings (SSSR count). The minimum atomic E-state index is -3.73. The molecule has 0 spiro atoms. The molecule has 7 nitrogen and oxygen atoms in total. The SMILES string of the molecule is CCOc1ccccc1NC(=O)[C@H](CC)N(c1cccc(OC)c1)S(C)(=O)=O. The quantitative estimate of drug-likeness (QED) is 0.691. The second-order valence-corrected chi connectivity index (χ2v) is 7.96. The zero-order valence-electron chi connectivity index (χ0n) is 16.5. The van der Waals surface area contributed by atoms with E-state index in [1.54, 1.807) is 55.5 Å². The van der Waals surface area contributed by atoms with Crippen molar-refractivity contribution in [3.8, 4) is 11.5 Å². The van der Waals surface area contributed by atoms with E-state index in [1.807, 2.05) is 6.92 Å². The zero-order valence-corrected chi connectivity index (χ0v) is 17.3. The number of benzene rings is 2. The first-order chi connectivity index (χ1) is 13.3. The number of para-hydroxylation sites is 2. The molecular weight excluding hydrogens is 380 g/mol. The molecule has 2 aromatic carbocycles. The fraction of sp³-hybridized carbons (Fsp3) is 0.350. The Morgan fingerprint density at radius 3 is 2.46 bits per heavy atom. The van der Waals surface area contributed by atoms with Gasteiger partial charge in [0.2, 0.25) is 15.9 Å². The molecular formula is C20H26N2O5S. The zero-order chi connectivity index (χ0) is 20.7. The van der Waals surface area contributed by atoms with Gasteiger partial charge in [-0.2, -0.15) is 0 Å². The lowest BCUT2D eigenvalue weighted by atomic mass is 10.1. The lowest BCUT2D eigenvalue weighted by molar-refractivity contribution is -0.117. The average molecular weight is 407 g/mol. The molecule has 28 heavy (non-hydrogen) atoms. The highest BCUT2D eigenvalue weighted by atomic mass is 32.2. The Bertz CT molecular complexity index is 914. The fourth-order valence-electron chi connectivity index (χ4n) is 2.88. The number of hydrogen-bond donors (Lipinski definition) is 1. The summed E-state index contributed by atoms with van der Waals surface area (Å²) in [6.45, 7) is 4.06. The molecule has 1 N–H and O–H groups in total. The summed E-state index contributed by atoms with van der Waals surface area (Å²) >= 11 is 0. The Morgan fingerprint density at radius 2 is 1.86 bits per heavy atom. The molecule has 152 valence electrons. The molecule has 0 radical (unpaired) electrons. The van der Waals surface area contributed by atoms with Crippen molar-refractivity contribution in [1.82, 2.24) is 0 Å². The molecule has 0 aliphatic rings. The Hall–Kier alpha value is -2.74. The third-order valence-corrected chi connectivity index (χ3v) is 5.26. The van der Waals surface area contributed by atoms with Gasteiger partial charge in [-0.25, -0.2) is 8.42 Å². The first-order valence-electron chi connectivity index (χ1n) is 8.98. The number of anilines is 2. The van der Waals surface area contributed by atoms with Crippen LogP contribution in [0.4, 0.5) is 11.4 Å². The van der Waals surface area contributed by atoms with Crippen LogP contribution in [0.25, 0.3) is 0 Å². The van der Waals surface area contributed by atoms with Gasteiger partial charge >= 0.3 is 0 Å². The molecule has 0 fully saturated rings. The molecule has 0 aliphatic carbocycles. The average Bonchev–Trinajstić information content (AvgIpc) is 2.66. The van der Waals surface area contributed by atoms with Crippen LogP contribution in [-0.2, 0) is 14.8 Å². The number of amides is 1. The van der Waals surface area contributed by atoms with Gasteiger partial charge in [0.15, 0.2) is 0 Å². The Labute approximate surface area is 166 Å². The lowest BCUT2D eigenvalue weighted by Crippen LogP contribution is -2.47. The maximum absolute atomic E-state index is 13.0. The second kappa shape index (κ2) is 9.45. The minimum Gasteiger partial charge on any atom is -0.497 e. The highest BCUT2D eigenvalue weighted by Gasteiger charge is 2.32. The number of sulfonamides is 1. The second-order valence-electron chi connectivity index (χ2n) is 6.10. The summed E-state index contributed by atoms with van der Waals surface area (Å²) in [5.41, 5.74) is 0.855. The predicted molar refractivity (Wildman–Crippen MR) is 111 cm³/mol. The number of hydrogen-bond acceptors (Lipinski definition) is 5. The normalized spacial score (nSPS) is 12.1. The first kappa shape index (κ1) is 21.6. The van der Waals surface area contributed by atoms with Gasteiger partial charge in [0.1, 0.15) is 17.5 Å². The van der Waals surface area contributed by atoms with Gasteiger partial charge < -0.3 is 14.8 Å². The van der Waals surface area contributed by atoms with E-state index in [0.29, 0.717) is 29.5 Å². The number of methoxy groups -OCH3 is 1. The molecule has 1 atom stereocenters. The van der Waals surface area contributed by atoms with Gasteiger partial charge in [0.25, 0.3) is 0 Å². The Kier molecular flexibility index (Phi) is 7.28. The van der Waals surface area contributed by atoms with Crippen LogP contribution in [0.5, 0.6) is 11.5 Å². The molecule has 0 unspecified atom stereocenters. The molecule has 0 aromatic heterocycles. The van der Waals surface area contributed by atoms with Crippen molar-refractivity contribution in [2.24, 2.45) is 0 Å². The van der Waals surface area contributed by atoms with E-state index in [9.17, 15) is 13.2 Å². The standard InChI is InChI=1S/C20H26N2O5S/c1-5-18(20(23)21-17-12-7-8-13-19(17)27-6-2)22(28(4,24)25)15-10-9-11-16(14-15)26-3/h7-14,18H,5-6H2,1-4H3,(H,21,23)/t18-/m0/s1. The number of nitrogens with zero attached hydrogens (tertiary/aromatic N) is 1. The topological polar surface area (TPSA) is 84.9 Å². The summed E-state index contributed by atoms with van der Waals surface area (Å²) in [4.78, 5) is 13.0. The highest BCUT2D eigenvalue weighted by molar-refractivity contribution is 7.92. The van der Waals surface area contributed by atoms with E-state index in [2.05, 4.69) is 5.32 Å². The van der Waals surface area contributed by atoms with Crippen LogP contribution in [0.2, 0.25) is 0 Å². The van der Waals surface area contributed by atoms with Crippen LogP contribution in [0.1, 0.15) is 20.3 Å². The number of nitrogens with one attached hydrogen (secondary N) is 1. The third kappa shape index (κ3) is 5.16. The smallest absolute Gasteiger partial charge is 0.248 e. The summed E-state index contributed by atoms with van der Waals surface area (Å²) in [5, 5.41) is 2.80. The number of ether oxygens (including phenoxy) is 2. The molecule has 8 heteroatoms. The predicted octanol–water partition coefficient (Wildman–Crippen LogP) is 3.28. The van der Waals surface area contributed by atoms with Crippen LogP contribution >= 0.6 is 0 Å². The Morgan fingerprint density at radius 1 is 1.14 bits per heavy atom. The van der Waals surface area contributed by atoms with Gasteiger partial charge in [0, 0.05) is 6.07 Å². The maximum atomic E-state index is 13.0. The van der Waals surface area contributed by atoms with Crippen LogP contribution in [0.3, 0.4) is 0 Å². The molecule has 0 saturated carbocycles. The molecule has 1 amide bonds. The van der Waals surface area contributed by atoms with Crippen LogP contribution < -0.4 is 19.1 Å². The van der Waals surface area contributed by atoms with Crippen molar-refractivity contribution in [3.05, 3.63) is 48.5 Å². The van der Waals surface area contributed by atoms with Crippen molar-refractivity contribution in [2.75, 3.05) is 29.6 Å². The Balaban J connectivity index is 2.40. The summed E-state index contributed by atoms with van der Waals surface area (Å²) in [7, 11) is -2.23. The van der Waals surface area contributed by atoms with Gasteiger partial charge in [-0.05, 0) is 37.6 Å². The summed E-state index contributed by atoms with van der Waals surface area (Å²) < 4.78 is 36.9. The lowest BCUT2D eigenvalue weighted by Gasteiger charge is -2.30. The van der Waals surface area contributed by atoms with Crippen LogP contribution in [0, 0.1) is 0 Å². The van der Waals surface area contributed by atoms with Gasteiger partial charge in [-0.1, -0.05) is 25.1 Å². The number of rotatable bonds is 9. The monoisotopic (exact) mass is 406 g/mol. The first-order valence-corrected chi connectivity index (χ1v) is 10.8. The summed E-state index contributed by atoms with van der Waals surface area (Å²) in [6, 6.07) is 12.7. The molecule has 0 heterocycles. The molecule has 0 bridgehead atoms. The fourth-order valence-corrected chi connectivity index (χ4v) is 4.08. The third-order valence-electron chi connectivity index (χ3n) is 4.08. The van der Waals surface area contributed by atoms with Crippen molar-refractivity contribution >= 4 is 27.3 Å². The minimum absolute atomic E-state index is 0.285. The van der Waals surface area contributed by atoms with E-state index in [0.717, 1.165) is 10.6 Å².